The molecule has 0 aliphatic carbocycles. The lowest BCUT2D eigenvalue weighted by Gasteiger charge is -1.71. The van der Waals surface area contributed by atoms with Crippen LogP contribution in [0.5, 0.6) is 0 Å². The zero-order valence-corrected chi connectivity index (χ0v) is 4.53. The Kier molecular flexibility index (Phi) is 5.09. The fourth-order valence-electron chi connectivity index (χ4n) is 0.139. The van der Waals surface area contributed by atoms with Crippen molar-refractivity contribution in [3.05, 3.63) is 11.5 Å². The van der Waals surface area contributed by atoms with E-state index in [1.54, 1.807) is 5.41 Å². The van der Waals surface area contributed by atoms with E-state index in [-0.39, 0.29) is 0 Å². The van der Waals surface area contributed by atoms with Crippen molar-refractivity contribution in [3.63, 3.8) is 0 Å². The quantitative estimate of drug-likeness (QED) is 0.541. The van der Waals surface area contributed by atoms with Crippen molar-refractivity contribution < 1.29 is 4.55 Å². The van der Waals surface area contributed by atoms with Crippen LogP contribution in [0.3, 0.4) is 0 Å². The maximum absolute atomic E-state index is 8.03. The highest BCUT2D eigenvalue weighted by Gasteiger charge is 1.61. The Balaban J connectivity index is 2.73. The van der Waals surface area contributed by atoms with E-state index in [1.807, 2.05) is 13.0 Å². The molecule has 0 radical (unpaired) electrons. The van der Waals surface area contributed by atoms with E-state index < -0.39 is 0 Å². The van der Waals surface area contributed by atoms with E-state index in [0.29, 0.717) is 0 Å². The summed E-state index contributed by atoms with van der Waals surface area (Å²) in [6, 6.07) is 0. The minimum Gasteiger partial charge on any atom is -0.326 e. The predicted octanol–water partition coefficient (Wildman–Crippen LogP) is 2.12. The molecule has 6 heavy (non-hydrogen) atoms. The van der Waals surface area contributed by atoms with Crippen LogP contribution in [0, 0.1) is 0 Å². The molecule has 0 spiro atoms. The van der Waals surface area contributed by atoms with Crippen LogP contribution in [-0.2, 0) is 0 Å². The van der Waals surface area contributed by atoms with Gasteiger partial charge in [0.05, 0.1) is 0 Å². The van der Waals surface area contributed by atoms with Gasteiger partial charge in [-0.05, 0) is 11.8 Å². The van der Waals surface area contributed by atoms with E-state index in [1.165, 1.54) is 0 Å². The van der Waals surface area contributed by atoms with Gasteiger partial charge >= 0.3 is 0 Å². The lowest BCUT2D eigenvalue weighted by atomic mass is 10.5. The predicted molar refractivity (Wildman–Crippen MR) is 29.7 cm³/mol. The molecule has 0 saturated carbocycles. The van der Waals surface area contributed by atoms with Crippen LogP contribution in [0.15, 0.2) is 11.5 Å². The Morgan fingerprint density at radius 1 is 1.83 bits per heavy atom. The minimum absolute atomic E-state index is 0.746. The largest absolute Gasteiger partial charge is 0.326 e. The Morgan fingerprint density at radius 3 is 2.67 bits per heavy atom. The summed E-state index contributed by atoms with van der Waals surface area (Å²) in [5, 5.41) is 1.65. The van der Waals surface area contributed by atoms with Crippen LogP contribution in [0.2, 0.25) is 0 Å². The summed E-state index contributed by atoms with van der Waals surface area (Å²) in [7, 11) is 0. The highest BCUT2D eigenvalue weighted by Crippen LogP contribution is 1.92. The molecule has 0 saturated heterocycles. The molecule has 0 aliphatic heterocycles. The molecule has 0 amide bonds. The van der Waals surface area contributed by atoms with Crippen LogP contribution < -0.4 is 0 Å². The Bertz CT molecular complexity index is 36.8. The third-order valence-corrected chi connectivity index (χ3v) is 0.707. The number of rotatable bonds is 2. The fraction of sp³-hybridized carbons (Fsp3) is 0.500. The summed E-state index contributed by atoms with van der Waals surface area (Å²) in [6.45, 7) is 2.02. The van der Waals surface area contributed by atoms with Crippen molar-refractivity contribution in [2.24, 2.45) is 0 Å². The molecule has 36 valence electrons. The van der Waals surface area contributed by atoms with Crippen LogP contribution >= 0.6 is 12.0 Å². The van der Waals surface area contributed by atoms with Gasteiger partial charge < -0.3 is 4.55 Å². The Morgan fingerprint density at radius 2 is 2.50 bits per heavy atom. The third-order valence-electron chi connectivity index (χ3n) is 0.393. The second-order valence-corrected chi connectivity index (χ2v) is 1.37. The average molecular weight is 104 g/mol. The smallest absolute Gasteiger partial charge is 0.0160 e. The van der Waals surface area contributed by atoms with Crippen LogP contribution in [0.25, 0.3) is 0 Å². The second kappa shape index (κ2) is 5.05. The Hall–Kier alpha value is 0.0500. The zero-order chi connectivity index (χ0) is 4.83. The first kappa shape index (κ1) is 6.05. The second-order valence-electron chi connectivity index (χ2n) is 0.885. The van der Waals surface area contributed by atoms with E-state index in [0.717, 1.165) is 18.5 Å². The fourth-order valence-corrected chi connectivity index (χ4v) is 0.418. The molecular formula is C4H8OS. The van der Waals surface area contributed by atoms with Gasteiger partial charge in [0.25, 0.3) is 0 Å². The first-order valence-corrected chi connectivity index (χ1v) is 2.70. The first-order valence-electron chi connectivity index (χ1n) is 1.87. The molecule has 1 N–H and O–H groups in total. The minimum atomic E-state index is 0.746. The van der Waals surface area contributed by atoms with Gasteiger partial charge in [-0.15, -0.1) is 0 Å². The highest BCUT2D eigenvalue weighted by atomic mass is 32.2. The van der Waals surface area contributed by atoms with Crippen LogP contribution in [0.1, 0.15) is 13.3 Å². The molecule has 0 aromatic heterocycles. The SMILES string of the molecule is CC/C=C/SO. The molecule has 0 fully saturated rings. The van der Waals surface area contributed by atoms with Crippen LogP contribution in [0.4, 0.5) is 0 Å². The summed E-state index contributed by atoms with van der Waals surface area (Å²) in [5.41, 5.74) is 0. The molecule has 0 rings (SSSR count). The van der Waals surface area contributed by atoms with Crippen LogP contribution in [-0.4, -0.2) is 4.55 Å². The number of hydrogen-bond donors (Lipinski definition) is 1. The lowest BCUT2D eigenvalue weighted by molar-refractivity contribution is 0.671. The highest BCUT2D eigenvalue weighted by molar-refractivity contribution is 7.96. The molecule has 0 bridgehead atoms. The van der Waals surface area contributed by atoms with Gasteiger partial charge in [0, 0.05) is 12.0 Å². The topological polar surface area (TPSA) is 20.2 Å². The van der Waals surface area contributed by atoms with E-state index >= 15 is 0 Å². The summed E-state index contributed by atoms with van der Waals surface area (Å²) in [6.07, 6.45) is 2.89. The van der Waals surface area contributed by atoms with Gasteiger partial charge in [0.2, 0.25) is 0 Å². The van der Waals surface area contributed by atoms with Crippen molar-refractivity contribution in [3.8, 4) is 0 Å². The van der Waals surface area contributed by atoms with Gasteiger partial charge in [-0.1, -0.05) is 13.0 Å². The zero-order valence-electron chi connectivity index (χ0n) is 3.72. The summed E-state index contributed by atoms with van der Waals surface area (Å²) >= 11 is 0.746. The van der Waals surface area contributed by atoms with Gasteiger partial charge in [0.15, 0.2) is 0 Å². The Labute approximate surface area is 42.3 Å². The third kappa shape index (κ3) is 4.05. The van der Waals surface area contributed by atoms with Crippen molar-refractivity contribution in [1.82, 2.24) is 0 Å². The molecule has 0 unspecified atom stereocenters. The monoisotopic (exact) mass is 104 g/mol. The summed E-state index contributed by atoms with van der Waals surface area (Å²) < 4.78 is 8.03. The van der Waals surface area contributed by atoms with E-state index in [2.05, 4.69) is 0 Å². The van der Waals surface area contributed by atoms with Crippen molar-refractivity contribution in [2.45, 2.75) is 13.3 Å². The molecule has 0 heterocycles. The normalized spacial score (nSPS) is 10.3. The molecule has 0 aromatic carbocycles. The number of allylic oxidation sites excluding steroid dienone is 1. The maximum atomic E-state index is 8.03. The van der Waals surface area contributed by atoms with Gasteiger partial charge in [-0.2, -0.15) is 0 Å². The molecule has 0 aromatic rings. The van der Waals surface area contributed by atoms with E-state index in [9.17, 15) is 0 Å². The van der Waals surface area contributed by atoms with Gasteiger partial charge in [-0.25, -0.2) is 0 Å². The molecule has 0 atom stereocenters. The summed E-state index contributed by atoms with van der Waals surface area (Å²) in [5.74, 6) is 0. The van der Waals surface area contributed by atoms with Crippen molar-refractivity contribution in [1.29, 1.82) is 0 Å². The molecular weight excluding hydrogens is 96.1 g/mol. The standard InChI is InChI=1S/C4H8OS/c1-2-3-4-6-5/h3-5H,2H2,1H3/b4-3+. The van der Waals surface area contributed by atoms with Gasteiger partial charge in [-0.3, -0.25) is 0 Å². The lowest BCUT2D eigenvalue weighted by Crippen LogP contribution is -1.46. The van der Waals surface area contributed by atoms with Gasteiger partial charge in [0.1, 0.15) is 0 Å². The van der Waals surface area contributed by atoms with Crippen molar-refractivity contribution in [2.75, 3.05) is 0 Å². The molecule has 2 heteroatoms. The molecule has 0 aliphatic rings. The summed E-state index contributed by atoms with van der Waals surface area (Å²) in [4.78, 5) is 0. The van der Waals surface area contributed by atoms with Crippen molar-refractivity contribution >= 4 is 12.0 Å². The maximum Gasteiger partial charge on any atom is 0.0160 e. The van der Waals surface area contributed by atoms with E-state index in [4.69, 9.17) is 4.55 Å². The first-order chi connectivity index (χ1) is 2.91. The molecule has 1 nitrogen and oxygen atoms in total. The number of hydrogen-bond acceptors (Lipinski definition) is 2. The average Bonchev–Trinajstić information content (AvgIpc) is 1.61.